The van der Waals surface area contributed by atoms with Crippen molar-refractivity contribution in [2.45, 2.75) is 27.2 Å². The Morgan fingerprint density at radius 2 is 2.07 bits per heavy atom. The van der Waals surface area contributed by atoms with Gasteiger partial charge in [-0.1, -0.05) is 24.2 Å². The van der Waals surface area contributed by atoms with Crippen molar-refractivity contribution < 1.29 is 9.32 Å². The largest absolute Gasteiger partial charge is 0.385 e. The highest BCUT2D eigenvalue weighted by Gasteiger charge is 2.15. The maximum Gasteiger partial charge on any atom is 0.274 e. The summed E-state index contributed by atoms with van der Waals surface area (Å²) in [5, 5.41) is 10.2. The van der Waals surface area contributed by atoms with Gasteiger partial charge in [-0.05, 0) is 31.5 Å². The predicted octanol–water partition coefficient (Wildman–Crippen LogP) is 3.94. The number of hydrogen-bond donors (Lipinski definition) is 2. The van der Waals surface area contributed by atoms with Crippen molar-refractivity contribution in [1.29, 1.82) is 0 Å². The number of anilines is 2. The standard InChI is InChI=1S/C21H22N6O2/c1-4-19-25-20(26-29-19)14-7-6-13(3)16(10-14)24-21(28)17-12-23-18-11-15(22-5-2)8-9-27(17)18/h6-12,22H,4-5H2,1-3H3,(H,24,28). The Balaban J connectivity index is 1.61. The van der Waals surface area contributed by atoms with Crippen LogP contribution in [-0.2, 0) is 6.42 Å². The van der Waals surface area contributed by atoms with Gasteiger partial charge in [0.1, 0.15) is 11.3 Å². The van der Waals surface area contributed by atoms with Gasteiger partial charge >= 0.3 is 0 Å². The number of nitrogens with one attached hydrogen (secondary N) is 2. The minimum Gasteiger partial charge on any atom is -0.385 e. The molecule has 3 heterocycles. The number of imidazole rings is 1. The number of carbonyl (C=O) groups is 1. The number of pyridine rings is 1. The van der Waals surface area contributed by atoms with Crippen LogP contribution in [0.15, 0.2) is 47.2 Å². The van der Waals surface area contributed by atoms with Crippen molar-refractivity contribution in [3.05, 3.63) is 59.9 Å². The minimum atomic E-state index is -0.240. The molecular formula is C21H22N6O2. The first kappa shape index (κ1) is 18.7. The van der Waals surface area contributed by atoms with Crippen LogP contribution in [0.25, 0.3) is 17.0 Å². The first-order valence-electron chi connectivity index (χ1n) is 9.55. The van der Waals surface area contributed by atoms with Gasteiger partial charge in [0.25, 0.3) is 5.91 Å². The molecule has 29 heavy (non-hydrogen) atoms. The van der Waals surface area contributed by atoms with Crippen LogP contribution < -0.4 is 10.6 Å². The zero-order valence-corrected chi connectivity index (χ0v) is 16.6. The van der Waals surface area contributed by atoms with Crippen LogP contribution in [0.1, 0.15) is 35.8 Å². The van der Waals surface area contributed by atoms with Crippen LogP contribution in [0.5, 0.6) is 0 Å². The van der Waals surface area contributed by atoms with E-state index in [9.17, 15) is 4.79 Å². The maximum absolute atomic E-state index is 12.9. The second kappa shape index (κ2) is 7.75. The number of benzene rings is 1. The summed E-state index contributed by atoms with van der Waals surface area (Å²) in [5.41, 5.74) is 4.54. The SMILES string of the molecule is CCNc1ccn2c(C(=O)Nc3cc(-c4noc(CC)n4)ccc3C)cnc2c1. The van der Waals surface area contributed by atoms with Crippen LogP contribution in [-0.4, -0.2) is 32.0 Å². The Labute approximate surface area is 168 Å². The molecule has 0 aliphatic carbocycles. The summed E-state index contributed by atoms with van der Waals surface area (Å²) < 4.78 is 6.95. The highest BCUT2D eigenvalue weighted by Crippen LogP contribution is 2.24. The van der Waals surface area contributed by atoms with Gasteiger partial charge in [-0.25, -0.2) is 4.98 Å². The molecule has 0 radical (unpaired) electrons. The average Bonchev–Trinajstić information content (AvgIpc) is 3.36. The van der Waals surface area contributed by atoms with Crippen LogP contribution >= 0.6 is 0 Å². The molecule has 0 fully saturated rings. The van der Waals surface area contributed by atoms with E-state index in [-0.39, 0.29) is 5.91 Å². The van der Waals surface area contributed by atoms with E-state index in [0.717, 1.165) is 23.4 Å². The molecule has 0 saturated carbocycles. The Morgan fingerprint density at radius 3 is 2.83 bits per heavy atom. The number of amides is 1. The molecule has 0 aliphatic heterocycles. The topological polar surface area (TPSA) is 97.3 Å². The molecule has 4 aromatic rings. The van der Waals surface area contributed by atoms with Gasteiger partial charge < -0.3 is 15.2 Å². The van der Waals surface area contributed by atoms with E-state index in [2.05, 4.69) is 25.8 Å². The summed E-state index contributed by atoms with van der Waals surface area (Å²) in [6.45, 7) is 6.74. The molecule has 0 saturated heterocycles. The summed E-state index contributed by atoms with van der Waals surface area (Å²) in [4.78, 5) is 21.6. The maximum atomic E-state index is 12.9. The normalized spacial score (nSPS) is 11.0. The molecule has 1 amide bonds. The van der Waals surface area contributed by atoms with Gasteiger partial charge in [0.15, 0.2) is 0 Å². The van der Waals surface area contributed by atoms with E-state index in [1.807, 2.05) is 57.3 Å². The number of nitrogens with zero attached hydrogens (tertiary/aromatic N) is 4. The van der Waals surface area contributed by atoms with E-state index in [1.54, 1.807) is 10.6 Å². The van der Waals surface area contributed by atoms with Crippen LogP contribution in [0.2, 0.25) is 0 Å². The highest BCUT2D eigenvalue weighted by atomic mass is 16.5. The number of aromatic nitrogens is 4. The number of carbonyl (C=O) groups excluding carboxylic acids is 1. The van der Waals surface area contributed by atoms with Crippen LogP contribution in [0.4, 0.5) is 11.4 Å². The molecule has 2 N–H and O–H groups in total. The minimum absolute atomic E-state index is 0.240. The average molecular weight is 390 g/mol. The Bertz CT molecular complexity index is 1180. The second-order valence-corrected chi connectivity index (χ2v) is 6.67. The fourth-order valence-electron chi connectivity index (χ4n) is 3.06. The quantitative estimate of drug-likeness (QED) is 0.518. The van der Waals surface area contributed by atoms with Gasteiger partial charge in [-0.3, -0.25) is 9.20 Å². The third-order valence-electron chi connectivity index (χ3n) is 4.64. The smallest absolute Gasteiger partial charge is 0.274 e. The van der Waals surface area contributed by atoms with Gasteiger partial charge in [-0.15, -0.1) is 0 Å². The van der Waals surface area contributed by atoms with Gasteiger partial charge in [0.05, 0.1) is 6.20 Å². The number of fused-ring (bicyclic) bond motifs is 1. The van der Waals surface area contributed by atoms with Crippen LogP contribution in [0, 0.1) is 6.92 Å². The van der Waals surface area contributed by atoms with Gasteiger partial charge in [-0.2, -0.15) is 4.98 Å². The summed E-state index contributed by atoms with van der Waals surface area (Å²) in [6.07, 6.45) is 4.09. The Hall–Kier alpha value is -3.68. The van der Waals surface area contributed by atoms with Crippen molar-refractivity contribution in [2.24, 2.45) is 0 Å². The summed E-state index contributed by atoms with van der Waals surface area (Å²) in [5.74, 6) is 0.841. The molecule has 8 heteroatoms. The lowest BCUT2D eigenvalue weighted by atomic mass is 10.1. The zero-order valence-electron chi connectivity index (χ0n) is 16.6. The second-order valence-electron chi connectivity index (χ2n) is 6.67. The van der Waals surface area contributed by atoms with E-state index >= 15 is 0 Å². The third-order valence-corrected chi connectivity index (χ3v) is 4.64. The van der Waals surface area contributed by atoms with E-state index in [4.69, 9.17) is 4.52 Å². The van der Waals surface area contributed by atoms with Crippen molar-refractivity contribution in [3.63, 3.8) is 0 Å². The molecule has 148 valence electrons. The van der Waals surface area contributed by atoms with Gasteiger partial charge in [0.2, 0.25) is 11.7 Å². The lowest BCUT2D eigenvalue weighted by Crippen LogP contribution is -2.15. The number of rotatable bonds is 6. The summed E-state index contributed by atoms with van der Waals surface area (Å²) in [7, 11) is 0. The van der Waals surface area contributed by atoms with E-state index in [1.165, 1.54) is 0 Å². The summed E-state index contributed by atoms with van der Waals surface area (Å²) in [6, 6.07) is 9.51. The summed E-state index contributed by atoms with van der Waals surface area (Å²) >= 11 is 0. The lowest BCUT2D eigenvalue weighted by Gasteiger charge is -2.10. The van der Waals surface area contributed by atoms with Crippen molar-refractivity contribution >= 4 is 22.9 Å². The highest BCUT2D eigenvalue weighted by molar-refractivity contribution is 6.04. The van der Waals surface area contributed by atoms with Gasteiger partial charge in [0, 0.05) is 42.2 Å². The van der Waals surface area contributed by atoms with Crippen molar-refractivity contribution in [1.82, 2.24) is 19.5 Å². The molecular weight excluding hydrogens is 368 g/mol. The Kier molecular flexibility index (Phi) is 4.99. The van der Waals surface area contributed by atoms with E-state index < -0.39 is 0 Å². The predicted molar refractivity (Wildman–Crippen MR) is 111 cm³/mol. The molecule has 3 aromatic heterocycles. The molecule has 1 aromatic carbocycles. The first-order chi connectivity index (χ1) is 14.1. The Morgan fingerprint density at radius 1 is 1.21 bits per heavy atom. The molecule has 0 atom stereocenters. The molecule has 0 aliphatic rings. The first-order valence-corrected chi connectivity index (χ1v) is 9.55. The number of aryl methyl sites for hydroxylation is 2. The molecule has 0 unspecified atom stereocenters. The molecule has 8 nitrogen and oxygen atoms in total. The molecule has 4 rings (SSSR count). The third kappa shape index (κ3) is 3.69. The molecule has 0 spiro atoms. The lowest BCUT2D eigenvalue weighted by molar-refractivity contribution is 0.102. The fourth-order valence-corrected chi connectivity index (χ4v) is 3.06. The van der Waals surface area contributed by atoms with E-state index in [0.29, 0.717) is 35.2 Å². The van der Waals surface area contributed by atoms with Crippen molar-refractivity contribution in [3.8, 4) is 11.4 Å². The van der Waals surface area contributed by atoms with Crippen molar-refractivity contribution in [2.75, 3.05) is 17.2 Å². The van der Waals surface area contributed by atoms with Crippen LogP contribution in [0.3, 0.4) is 0 Å². The number of hydrogen-bond acceptors (Lipinski definition) is 6. The fraction of sp³-hybridized carbons (Fsp3) is 0.238. The zero-order chi connectivity index (χ0) is 20.4. The monoisotopic (exact) mass is 390 g/mol. The molecule has 0 bridgehead atoms.